The number of nitrogens with two attached hydrogens (primary N) is 1. The van der Waals surface area contributed by atoms with Crippen LogP contribution in [0.25, 0.3) is 0 Å². The minimum absolute atomic E-state index is 0.0921. The molecule has 0 heterocycles. The van der Waals surface area contributed by atoms with Crippen molar-refractivity contribution in [2.24, 2.45) is 11.7 Å². The van der Waals surface area contributed by atoms with E-state index in [1.54, 1.807) is 18.2 Å². The Morgan fingerprint density at radius 2 is 2.00 bits per heavy atom. The summed E-state index contributed by atoms with van der Waals surface area (Å²) < 4.78 is 0. The van der Waals surface area contributed by atoms with Gasteiger partial charge in [-0.1, -0.05) is 26.8 Å². The molecule has 0 aliphatic rings. The summed E-state index contributed by atoms with van der Waals surface area (Å²) in [6.07, 6.45) is 1.29. The number of nitrogens with one attached hydrogen (secondary N) is 1. The van der Waals surface area contributed by atoms with Crippen molar-refractivity contribution in [2.75, 3.05) is 5.32 Å². The van der Waals surface area contributed by atoms with Crippen molar-refractivity contribution < 1.29 is 14.7 Å². The molecule has 0 spiro atoms. The first-order valence-corrected chi connectivity index (χ1v) is 6.77. The van der Waals surface area contributed by atoms with Gasteiger partial charge >= 0.3 is 5.97 Å². The van der Waals surface area contributed by atoms with E-state index < -0.39 is 12.0 Å². The summed E-state index contributed by atoms with van der Waals surface area (Å²) in [5, 5.41) is 11.8. The van der Waals surface area contributed by atoms with Crippen molar-refractivity contribution >= 4 is 17.6 Å². The number of rotatable bonds is 6. The zero-order valence-electron chi connectivity index (χ0n) is 12.1. The first-order chi connectivity index (χ1) is 9.35. The van der Waals surface area contributed by atoms with Crippen LogP contribution in [0.2, 0.25) is 0 Å². The quantitative estimate of drug-likeness (QED) is 0.744. The molecule has 1 atom stereocenters. The molecule has 1 aromatic carbocycles. The van der Waals surface area contributed by atoms with Crippen molar-refractivity contribution in [3.63, 3.8) is 0 Å². The number of carboxylic acid groups (broad SMARTS) is 1. The highest BCUT2D eigenvalue weighted by molar-refractivity contribution is 6.02. The van der Waals surface area contributed by atoms with Crippen LogP contribution in [0.3, 0.4) is 0 Å². The lowest BCUT2D eigenvalue weighted by atomic mass is 10.0. The van der Waals surface area contributed by atoms with E-state index >= 15 is 0 Å². The Bertz CT molecular complexity index is 498. The van der Waals surface area contributed by atoms with Crippen molar-refractivity contribution in [1.29, 1.82) is 0 Å². The van der Waals surface area contributed by atoms with Gasteiger partial charge in [-0.05, 0) is 36.5 Å². The fourth-order valence-electron chi connectivity index (χ4n) is 1.94. The highest BCUT2D eigenvalue weighted by Gasteiger charge is 2.18. The highest BCUT2D eigenvalue weighted by Crippen LogP contribution is 2.19. The largest absolute Gasteiger partial charge is 0.478 e. The number of amides is 1. The maximum atomic E-state index is 11.9. The summed E-state index contributed by atoms with van der Waals surface area (Å²) in [7, 11) is 0. The second-order valence-corrected chi connectivity index (χ2v) is 5.26. The van der Waals surface area contributed by atoms with Gasteiger partial charge in [0, 0.05) is 0 Å². The Morgan fingerprint density at radius 1 is 1.35 bits per heavy atom. The van der Waals surface area contributed by atoms with E-state index in [1.807, 2.05) is 20.8 Å². The SMILES string of the molecule is CCc1ccc(NC(=O)[C@@H](N)CC(C)C)c(C(=O)O)c1. The maximum Gasteiger partial charge on any atom is 0.337 e. The van der Waals surface area contributed by atoms with Crippen molar-refractivity contribution in [1.82, 2.24) is 0 Å². The van der Waals surface area contributed by atoms with Crippen LogP contribution in [0.4, 0.5) is 5.69 Å². The molecule has 0 aliphatic carbocycles. The standard InChI is InChI=1S/C15H22N2O3/c1-4-10-5-6-13(11(8-10)15(19)20)17-14(18)12(16)7-9(2)3/h5-6,8-9,12H,4,7,16H2,1-3H3,(H,17,18)(H,19,20)/t12-/m0/s1. The average Bonchev–Trinajstić information content (AvgIpc) is 2.37. The molecule has 0 aromatic heterocycles. The molecule has 0 unspecified atom stereocenters. The Hall–Kier alpha value is -1.88. The van der Waals surface area contributed by atoms with Gasteiger partial charge in [0.05, 0.1) is 17.3 Å². The summed E-state index contributed by atoms with van der Waals surface area (Å²) in [6, 6.07) is 4.35. The topological polar surface area (TPSA) is 92.4 Å². The third kappa shape index (κ3) is 4.35. The van der Waals surface area contributed by atoms with Gasteiger partial charge in [-0.25, -0.2) is 4.79 Å². The van der Waals surface area contributed by atoms with Gasteiger partial charge in [-0.2, -0.15) is 0 Å². The van der Waals surface area contributed by atoms with Crippen LogP contribution in [0.15, 0.2) is 18.2 Å². The van der Waals surface area contributed by atoms with Crippen molar-refractivity contribution in [3.05, 3.63) is 29.3 Å². The molecule has 0 bridgehead atoms. The summed E-state index contributed by atoms with van der Waals surface area (Å²) >= 11 is 0. The van der Waals surface area contributed by atoms with E-state index in [0.717, 1.165) is 12.0 Å². The lowest BCUT2D eigenvalue weighted by Gasteiger charge is -2.15. The van der Waals surface area contributed by atoms with E-state index in [4.69, 9.17) is 5.73 Å². The molecule has 0 aliphatic heterocycles. The summed E-state index contributed by atoms with van der Waals surface area (Å²) in [6.45, 7) is 5.90. The zero-order chi connectivity index (χ0) is 15.3. The lowest BCUT2D eigenvalue weighted by molar-refractivity contribution is -0.117. The summed E-state index contributed by atoms with van der Waals surface area (Å²) in [4.78, 5) is 23.2. The molecular weight excluding hydrogens is 256 g/mol. The highest BCUT2D eigenvalue weighted by atomic mass is 16.4. The van der Waals surface area contributed by atoms with Gasteiger partial charge in [-0.15, -0.1) is 0 Å². The first-order valence-electron chi connectivity index (χ1n) is 6.77. The van der Waals surface area contributed by atoms with Crippen LogP contribution in [0.1, 0.15) is 43.1 Å². The minimum atomic E-state index is -1.06. The van der Waals surface area contributed by atoms with Gasteiger partial charge in [0.25, 0.3) is 0 Å². The Kier molecular flexibility index (Phi) is 5.70. The van der Waals surface area contributed by atoms with E-state index in [0.29, 0.717) is 18.0 Å². The van der Waals surface area contributed by atoms with Crippen molar-refractivity contribution in [3.8, 4) is 0 Å². The van der Waals surface area contributed by atoms with Crippen LogP contribution >= 0.6 is 0 Å². The number of hydrogen-bond donors (Lipinski definition) is 3. The van der Waals surface area contributed by atoms with Gasteiger partial charge < -0.3 is 16.2 Å². The van der Waals surface area contributed by atoms with Gasteiger partial charge in [0.15, 0.2) is 0 Å². The van der Waals surface area contributed by atoms with E-state index in [2.05, 4.69) is 5.32 Å². The monoisotopic (exact) mass is 278 g/mol. The number of carboxylic acids is 1. The third-order valence-corrected chi connectivity index (χ3v) is 3.04. The molecule has 4 N–H and O–H groups in total. The second kappa shape index (κ2) is 7.05. The molecule has 0 saturated heterocycles. The smallest absolute Gasteiger partial charge is 0.337 e. The number of aryl methyl sites for hydroxylation is 1. The molecule has 0 fully saturated rings. The van der Waals surface area contributed by atoms with Crippen LogP contribution < -0.4 is 11.1 Å². The Balaban J connectivity index is 2.91. The molecule has 1 amide bonds. The number of carbonyl (C=O) groups excluding carboxylic acids is 1. The molecule has 5 nitrogen and oxygen atoms in total. The van der Waals surface area contributed by atoms with Gasteiger partial charge in [-0.3, -0.25) is 4.79 Å². The number of benzene rings is 1. The number of carbonyl (C=O) groups is 2. The number of aromatic carboxylic acids is 1. The van der Waals surface area contributed by atoms with E-state index in [-0.39, 0.29) is 11.5 Å². The van der Waals surface area contributed by atoms with E-state index in [1.165, 1.54) is 0 Å². The zero-order valence-corrected chi connectivity index (χ0v) is 12.1. The molecule has 110 valence electrons. The summed E-state index contributed by atoms with van der Waals surface area (Å²) in [5.74, 6) is -1.12. The molecule has 1 rings (SSSR count). The van der Waals surface area contributed by atoms with Crippen LogP contribution in [-0.4, -0.2) is 23.0 Å². The molecule has 5 heteroatoms. The van der Waals surface area contributed by atoms with Crippen molar-refractivity contribution in [2.45, 2.75) is 39.7 Å². The minimum Gasteiger partial charge on any atom is -0.478 e. The average molecular weight is 278 g/mol. The molecule has 1 aromatic rings. The fraction of sp³-hybridized carbons (Fsp3) is 0.467. The molecule has 0 radical (unpaired) electrons. The lowest BCUT2D eigenvalue weighted by Crippen LogP contribution is -2.37. The second-order valence-electron chi connectivity index (χ2n) is 5.26. The van der Waals surface area contributed by atoms with Crippen LogP contribution in [0, 0.1) is 5.92 Å². The summed E-state index contributed by atoms with van der Waals surface area (Å²) in [5.41, 5.74) is 7.08. The number of hydrogen-bond acceptors (Lipinski definition) is 3. The third-order valence-electron chi connectivity index (χ3n) is 3.04. The Morgan fingerprint density at radius 3 is 2.50 bits per heavy atom. The van der Waals surface area contributed by atoms with E-state index in [9.17, 15) is 14.7 Å². The number of anilines is 1. The van der Waals surface area contributed by atoms with Crippen LogP contribution in [0.5, 0.6) is 0 Å². The predicted octanol–water partition coefficient (Wildman–Crippen LogP) is 2.26. The molecular formula is C15H22N2O3. The Labute approximate surface area is 119 Å². The normalized spacial score (nSPS) is 12.2. The first kappa shape index (κ1) is 16.2. The molecule has 20 heavy (non-hydrogen) atoms. The van der Waals surface area contributed by atoms with Crippen LogP contribution in [-0.2, 0) is 11.2 Å². The maximum absolute atomic E-state index is 11.9. The fourth-order valence-corrected chi connectivity index (χ4v) is 1.94. The van der Waals surface area contributed by atoms with Gasteiger partial charge in [0.2, 0.25) is 5.91 Å². The molecule has 0 saturated carbocycles. The van der Waals surface area contributed by atoms with Gasteiger partial charge in [0.1, 0.15) is 0 Å². The predicted molar refractivity (Wildman–Crippen MR) is 78.8 cm³/mol.